The van der Waals surface area contributed by atoms with Crippen LogP contribution in [0, 0.1) is 0 Å². The number of nitrogens with zero attached hydrogens (tertiary/aromatic N) is 1. The van der Waals surface area contributed by atoms with E-state index in [0.717, 1.165) is 11.0 Å². The van der Waals surface area contributed by atoms with Gasteiger partial charge in [-0.15, -0.1) is 0 Å². The lowest BCUT2D eigenvalue weighted by Gasteiger charge is -2.02. The van der Waals surface area contributed by atoms with Crippen molar-refractivity contribution >= 4 is 34.2 Å². The van der Waals surface area contributed by atoms with Gasteiger partial charge in [-0.3, -0.25) is 0 Å². The molecule has 2 nitrogen and oxygen atoms in total. The Labute approximate surface area is 108 Å². The number of hydrogen-bond donors (Lipinski definition) is 0. The van der Waals surface area contributed by atoms with Crippen molar-refractivity contribution in [1.82, 2.24) is 5.16 Å². The third-order valence-corrected chi connectivity index (χ3v) is 3.21. The van der Waals surface area contributed by atoms with Crippen LogP contribution in [0.25, 0.3) is 22.2 Å². The molecule has 3 aromatic rings. The Bertz CT molecular complexity index is 670. The molecule has 0 atom stereocenters. The fourth-order valence-electron chi connectivity index (χ4n) is 1.79. The normalized spacial score (nSPS) is 10.9. The molecule has 84 valence electrons. The first-order valence-electron chi connectivity index (χ1n) is 5.06. The summed E-state index contributed by atoms with van der Waals surface area (Å²) in [5.41, 5.74) is 2.11. The van der Waals surface area contributed by atoms with Gasteiger partial charge < -0.3 is 4.52 Å². The summed E-state index contributed by atoms with van der Waals surface area (Å²) in [5.74, 6) is 0. The molecule has 0 saturated heterocycles. The Kier molecular flexibility index (Phi) is 2.54. The van der Waals surface area contributed by atoms with Gasteiger partial charge in [-0.2, -0.15) is 0 Å². The van der Waals surface area contributed by atoms with E-state index < -0.39 is 0 Å². The zero-order chi connectivity index (χ0) is 11.8. The van der Waals surface area contributed by atoms with Gasteiger partial charge in [-0.25, -0.2) is 0 Å². The molecule has 4 heteroatoms. The molecule has 0 radical (unpaired) electrons. The minimum Gasteiger partial charge on any atom is -0.356 e. The summed E-state index contributed by atoms with van der Waals surface area (Å²) >= 11 is 12.3. The fraction of sp³-hybridized carbons (Fsp3) is 0. The molecular formula is C13H7Cl2NO. The van der Waals surface area contributed by atoms with Gasteiger partial charge in [0.25, 0.3) is 0 Å². The summed E-state index contributed by atoms with van der Waals surface area (Å²) in [7, 11) is 0. The first kappa shape index (κ1) is 10.6. The number of benzene rings is 2. The molecule has 2 aromatic carbocycles. The summed E-state index contributed by atoms with van der Waals surface area (Å²) in [6.07, 6.45) is 0. The van der Waals surface area contributed by atoms with Crippen molar-refractivity contribution in [2.45, 2.75) is 0 Å². The lowest BCUT2D eigenvalue weighted by molar-refractivity contribution is 0.459. The van der Waals surface area contributed by atoms with E-state index in [1.54, 1.807) is 18.2 Å². The molecule has 0 unspecified atom stereocenters. The van der Waals surface area contributed by atoms with Crippen LogP contribution in [-0.2, 0) is 0 Å². The minimum absolute atomic E-state index is 0.566. The van der Waals surface area contributed by atoms with Gasteiger partial charge in [0.1, 0.15) is 5.69 Å². The molecule has 0 amide bonds. The SMILES string of the molecule is Clc1cccc(Cl)c1-c1noc2ccccc12. The topological polar surface area (TPSA) is 26.0 Å². The molecule has 0 spiro atoms. The number of fused-ring (bicyclic) bond motifs is 1. The van der Waals surface area contributed by atoms with Crippen LogP contribution in [-0.4, -0.2) is 5.16 Å². The van der Waals surface area contributed by atoms with Crippen LogP contribution in [0.2, 0.25) is 10.0 Å². The second-order valence-corrected chi connectivity index (χ2v) is 4.44. The second-order valence-electron chi connectivity index (χ2n) is 3.62. The van der Waals surface area contributed by atoms with Gasteiger partial charge in [-0.1, -0.05) is 46.6 Å². The zero-order valence-electron chi connectivity index (χ0n) is 8.65. The summed E-state index contributed by atoms with van der Waals surface area (Å²) < 4.78 is 5.25. The van der Waals surface area contributed by atoms with Crippen LogP contribution >= 0.6 is 23.2 Å². The van der Waals surface area contributed by atoms with Crippen LogP contribution in [0.15, 0.2) is 47.0 Å². The Morgan fingerprint density at radius 3 is 2.35 bits per heavy atom. The summed E-state index contributed by atoms with van der Waals surface area (Å²) in [5, 5.41) is 6.08. The van der Waals surface area contributed by atoms with Crippen LogP contribution in [0.4, 0.5) is 0 Å². The molecule has 0 saturated carbocycles. The Morgan fingerprint density at radius 2 is 1.59 bits per heavy atom. The molecule has 1 heterocycles. The van der Waals surface area contributed by atoms with Crippen molar-refractivity contribution in [3.63, 3.8) is 0 Å². The van der Waals surface area contributed by atoms with E-state index in [1.165, 1.54) is 0 Å². The van der Waals surface area contributed by atoms with E-state index in [2.05, 4.69) is 5.16 Å². The van der Waals surface area contributed by atoms with Gasteiger partial charge >= 0.3 is 0 Å². The number of halogens is 2. The molecule has 0 fully saturated rings. The van der Waals surface area contributed by atoms with Crippen LogP contribution in [0.1, 0.15) is 0 Å². The Hall–Kier alpha value is -1.51. The van der Waals surface area contributed by atoms with E-state index >= 15 is 0 Å². The van der Waals surface area contributed by atoms with Gasteiger partial charge in [0.2, 0.25) is 0 Å². The van der Waals surface area contributed by atoms with Gasteiger partial charge in [0, 0.05) is 10.9 Å². The summed E-state index contributed by atoms with van der Waals surface area (Å²) in [6, 6.07) is 13.0. The summed E-state index contributed by atoms with van der Waals surface area (Å²) in [6.45, 7) is 0. The molecular weight excluding hydrogens is 257 g/mol. The molecule has 0 bridgehead atoms. The fourth-order valence-corrected chi connectivity index (χ4v) is 2.37. The average molecular weight is 264 g/mol. The lowest BCUT2D eigenvalue weighted by Crippen LogP contribution is -1.82. The van der Waals surface area contributed by atoms with Crippen LogP contribution in [0.3, 0.4) is 0 Å². The molecule has 17 heavy (non-hydrogen) atoms. The standard InChI is InChI=1S/C13H7Cl2NO/c14-9-5-3-6-10(15)12(9)13-8-4-1-2-7-11(8)17-16-13/h1-7H. The van der Waals surface area contributed by atoms with Crippen molar-refractivity contribution in [3.8, 4) is 11.3 Å². The highest BCUT2D eigenvalue weighted by molar-refractivity contribution is 6.39. The van der Waals surface area contributed by atoms with E-state index in [1.807, 2.05) is 24.3 Å². The average Bonchev–Trinajstić information content (AvgIpc) is 2.73. The first-order chi connectivity index (χ1) is 8.27. The maximum atomic E-state index is 6.16. The summed E-state index contributed by atoms with van der Waals surface area (Å²) in [4.78, 5) is 0. The van der Waals surface area contributed by atoms with E-state index in [9.17, 15) is 0 Å². The Morgan fingerprint density at radius 1 is 0.882 bits per heavy atom. The smallest absolute Gasteiger partial charge is 0.167 e. The van der Waals surface area contributed by atoms with Crippen LogP contribution in [0.5, 0.6) is 0 Å². The zero-order valence-corrected chi connectivity index (χ0v) is 10.2. The molecule has 1 aromatic heterocycles. The van der Waals surface area contributed by atoms with Crippen molar-refractivity contribution in [1.29, 1.82) is 0 Å². The molecule has 0 aliphatic rings. The third-order valence-electron chi connectivity index (χ3n) is 2.58. The monoisotopic (exact) mass is 263 g/mol. The highest BCUT2D eigenvalue weighted by Crippen LogP contribution is 2.37. The minimum atomic E-state index is 0.566. The number of aromatic nitrogens is 1. The molecule has 0 aliphatic carbocycles. The number of para-hydroxylation sites is 1. The van der Waals surface area contributed by atoms with Gasteiger partial charge in [0.05, 0.1) is 10.0 Å². The highest BCUT2D eigenvalue weighted by Gasteiger charge is 2.15. The molecule has 3 rings (SSSR count). The second kappa shape index (κ2) is 4.06. The quantitative estimate of drug-likeness (QED) is 0.630. The van der Waals surface area contributed by atoms with Crippen LogP contribution < -0.4 is 0 Å². The lowest BCUT2D eigenvalue weighted by atomic mass is 10.1. The Balaban J connectivity index is 2.35. The largest absolute Gasteiger partial charge is 0.356 e. The van der Waals surface area contributed by atoms with Crippen molar-refractivity contribution in [2.75, 3.05) is 0 Å². The molecule has 0 N–H and O–H groups in total. The first-order valence-corrected chi connectivity index (χ1v) is 5.82. The van der Waals surface area contributed by atoms with Crippen molar-refractivity contribution in [2.24, 2.45) is 0 Å². The van der Waals surface area contributed by atoms with Gasteiger partial charge in [0.15, 0.2) is 5.58 Å². The molecule has 0 aliphatic heterocycles. The maximum absolute atomic E-state index is 6.16. The van der Waals surface area contributed by atoms with Gasteiger partial charge in [-0.05, 0) is 24.3 Å². The van der Waals surface area contributed by atoms with Crippen molar-refractivity contribution < 1.29 is 4.52 Å². The third kappa shape index (κ3) is 1.70. The van der Waals surface area contributed by atoms with E-state index in [0.29, 0.717) is 21.3 Å². The maximum Gasteiger partial charge on any atom is 0.167 e. The number of rotatable bonds is 1. The predicted molar refractivity (Wildman–Crippen MR) is 69.5 cm³/mol. The van der Waals surface area contributed by atoms with E-state index in [-0.39, 0.29) is 0 Å². The van der Waals surface area contributed by atoms with E-state index in [4.69, 9.17) is 27.7 Å². The highest BCUT2D eigenvalue weighted by atomic mass is 35.5. The predicted octanol–water partition coefficient (Wildman–Crippen LogP) is 4.80. The van der Waals surface area contributed by atoms with Crippen molar-refractivity contribution in [3.05, 3.63) is 52.5 Å². The number of hydrogen-bond acceptors (Lipinski definition) is 2.